The number of para-hydroxylation sites is 6. The van der Waals surface area contributed by atoms with Gasteiger partial charge in [0, 0.05) is 69.7 Å². The summed E-state index contributed by atoms with van der Waals surface area (Å²) in [6.07, 6.45) is 0. The molecule has 0 fully saturated rings. The van der Waals surface area contributed by atoms with Crippen LogP contribution in [-0.4, -0.2) is 18.7 Å². The van der Waals surface area contributed by atoms with E-state index in [-0.39, 0.29) is 53.9 Å². The first-order valence-corrected chi connectivity index (χ1v) is 22.0. The minimum Gasteiger partial charge on any atom is -0.309 e. The van der Waals surface area contributed by atoms with Gasteiger partial charge in [-0.3, -0.25) is 4.57 Å². The number of rotatable bonds is 5. The van der Waals surface area contributed by atoms with Crippen molar-refractivity contribution in [2.75, 3.05) is 0 Å². The van der Waals surface area contributed by atoms with Crippen LogP contribution < -0.4 is 0 Å². The van der Waals surface area contributed by atoms with Crippen LogP contribution in [0.3, 0.4) is 0 Å². The number of pyridine rings is 1. The third-order valence-corrected chi connectivity index (χ3v) is 13.9. The fraction of sp³-hybridized carbons (Fsp3) is 0. The molecule has 0 amide bonds. The topological polar surface area (TPSA) is 27.7 Å². The van der Waals surface area contributed by atoms with E-state index >= 15 is 0 Å². The van der Waals surface area contributed by atoms with Crippen LogP contribution in [0.25, 0.3) is 125 Å². The van der Waals surface area contributed by atoms with Gasteiger partial charge >= 0.3 is 0 Å². The summed E-state index contributed by atoms with van der Waals surface area (Å²) in [6.45, 7) is 0. The van der Waals surface area contributed by atoms with Gasteiger partial charge in [-0.1, -0.05) is 158 Å². The van der Waals surface area contributed by atoms with Gasteiger partial charge < -0.3 is 9.13 Å². The van der Waals surface area contributed by atoms with E-state index in [0.717, 1.165) is 64.4 Å². The van der Waals surface area contributed by atoms with Gasteiger partial charge in [-0.25, -0.2) is 4.98 Å². The summed E-state index contributed by atoms with van der Waals surface area (Å²) in [5, 5.41) is 6.46. The summed E-state index contributed by atoms with van der Waals surface area (Å²) >= 11 is 1.74. The largest absolute Gasteiger partial charge is 0.309 e. The van der Waals surface area contributed by atoms with Gasteiger partial charge in [-0.2, -0.15) is 0 Å². The molecule has 0 unspecified atom stereocenters. The number of hydrogen-bond donors (Lipinski definition) is 0. The molecule has 0 aliphatic heterocycles. The standard InChI is InChI=1S/C59H36N4S/c1-8-27-49-38(17-1)39-18-2-9-28-50(39)61(49)37-35-48(60-57(36-37)63-53-31-12-5-21-42(53)43-22-6-13-32-54(43)63)58-45(47-26-15-25-46-44-23-7-14-34-56(44)64-59(46)47)24-16-33-55(58)62-51-29-10-3-19-40(51)41-20-4-11-30-52(41)62/h1-36H/i1D,5D,8D,12D,17D,21D,27D,31D. The van der Waals surface area contributed by atoms with Gasteiger partial charge in [-0.05, 0) is 60.1 Å². The second-order valence-electron chi connectivity index (χ2n) is 16.1. The summed E-state index contributed by atoms with van der Waals surface area (Å²) in [6, 6.07) is 54.7. The van der Waals surface area contributed by atoms with Crippen LogP contribution in [0.15, 0.2) is 218 Å². The Labute approximate surface area is 383 Å². The maximum atomic E-state index is 9.50. The Bertz CT molecular complexity index is 4490. The van der Waals surface area contributed by atoms with Crippen molar-refractivity contribution in [3.8, 4) is 39.6 Å². The summed E-state index contributed by atoms with van der Waals surface area (Å²) in [5.41, 5.74) is 8.36. The molecule has 0 atom stereocenters. The Hall–Kier alpha value is -8.25. The molecule has 9 aromatic carbocycles. The third kappa shape index (κ3) is 5.01. The zero-order chi connectivity index (χ0) is 48.8. The Morgan fingerprint density at radius 1 is 0.391 bits per heavy atom. The van der Waals surface area contributed by atoms with E-state index in [1.165, 1.54) is 0 Å². The first-order chi connectivity index (χ1) is 35.1. The Morgan fingerprint density at radius 3 is 1.56 bits per heavy atom. The molecule has 5 heterocycles. The predicted molar refractivity (Wildman–Crippen MR) is 271 cm³/mol. The normalized spacial score (nSPS) is 13.8. The van der Waals surface area contributed by atoms with Gasteiger partial charge in [-0.15, -0.1) is 11.3 Å². The summed E-state index contributed by atoms with van der Waals surface area (Å²) in [4.78, 5) is 5.69. The zero-order valence-corrected chi connectivity index (χ0v) is 34.7. The van der Waals surface area contributed by atoms with E-state index < -0.39 is 0 Å². The molecule has 14 aromatic rings. The molecule has 4 nitrogen and oxygen atoms in total. The van der Waals surface area contributed by atoms with Crippen molar-refractivity contribution in [1.29, 1.82) is 0 Å². The summed E-state index contributed by atoms with van der Waals surface area (Å²) in [7, 11) is 0. The van der Waals surface area contributed by atoms with Crippen LogP contribution in [0.4, 0.5) is 0 Å². The van der Waals surface area contributed by atoms with Crippen LogP contribution in [0.5, 0.6) is 0 Å². The number of nitrogens with zero attached hydrogens (tertiary/aromatic N) is 4. The molecule has 0 saturated carbocycles. The lowest BCUT2D eigenvalue weighted by Gasteiger charge is -2.20. The highest BCUT2D eigenvalue weighted by Crippen LogP contribution is 2.47. The molecule has 298 valence electrons. The molecular formula is C59H36N4S. The van der Waals surface area contributed by atoms with Crippen molar-refractivity contribution in [2.24, 2.45) is 0 Å². The molecule has 5 aromatic heterocycles. The van der Waals surface area contributed by atoms with Crippen LogP contribution in [-0.2, 0) is 0 Å². The molecule has 0 aliphatic carbocycles. The predicted octanol–water partition coefficient (Wildman–Crippen LogP) is 16.1. The second-order valence-corrected chi connectivity index (χ2v) is 17.1. The quantitative estimate of drug-likeness (QED) is 0.170. The number of thiophene rings is 1. The molecule has 0 aliphatic rings. The lowest BCUT2D eigenvalue weighted by molar-refractivity contribution is 1.06. The lowest BCUT2D eigenvalue weighted by Crippen LogP contribution is -2.05. The highest BCUT2D eigenvalue weighted by Gasteiger charge is 2.24. The molecule has 0 radical (unpaired) electrons. The highest BCUT2D eigenvalue weighted by molar-refractivity contribution is 7.26. The molecular weight excluding hydrogens is 797 g/mol. The SMILES string of the molecule is [2H]c1c([2H])c([2H])c2c(c1[2H])c1ccccc1n2-c1cc(-c2c(-c3cccc4c3sc3ccccc34)cccc2-n2c3ccccc3c3ccccc32)nc(-n2c3ccccc3c3c([2H])c([2H])c([2H])c([2H])c32)c1. The van der Waals surface area contributed by atoms with E-state index in [4.69, 9.17) is 10.5 Å². The molecule has 0 spiro atoms. The third-order valence-electron chi connectivity index (χ3n) is 12.7. The lowest BCUT2D eigenvalue weighted by atomic mass is 9.94. The Balaban J connectivity index is 1.20. The minimum atomic E-state index is -0.373. The maximum absolute atomic E-state index is 9.50. The first-order valence-electron chi connectivity index (χ1n) is 25.1. The van der Waals surface area contributed by atoms with Crippen molar-refractivity contribution in [1.82, 2.24) is 18.7 Å². The number of aromatic nitrogens is 4. The number of fused-ring (bicyclic) bond motifs is 12. The molecule has 0 saturated heterocycles. The van der Waals surface area contributed by atoms with Gasteiger partial charge in [0.25, 0.3) is 0 Å². The molecule has 64 heavy (non-hydrogen) atoms. The minimum absolute atomic E-state index is 0.149. The van der Waals surface area contributed by atoms with Gasteiger partial charge in [0.15, 0.2) is 0 Å². The average Bonchev–Trinajstić information content (AvgIpc) is 4.17. The average molecular weight is 841 g/mol. The Kier molecular flexibility index (Phi) is 6.04. The van der Waals surface area contributed by atoms with Crippen LogP contribution >= 0.6 is 11.3 Å². The monoisotopic (exact) mass is 840 g/mol. The van der Waals surface area contributed by atoms with Gasteiger partial charge in [0.2, 0.25) is 0 Å². The van der Waals surface area contributed by atoms with E-state index in [0.29, 0.717) is 55.3 Å². The number of hydrogen-bond acceptors (Lipinski definition) is 2. The molecule has 5 heteroatoms. The van der Waals surface area contributed by atoms with Crippen molar-refractivity contribution in [3.05, 3.63) is 218 Å². The second kappa shape index (κ2) is 13.6. The zero-order valence-electron chi connectivity index (χ0n) is 41.9. The molecule has 14 rings (SSSR count). The smallest absolute Gasteiger partial charge is 0.140 e. The summed E-state index contributed by atoms with van der Waals surface area (Å²) in [5.74, 6) is 0.341. The van der Waals surface area contributed by atoms with E-state index in [2.05, 4.69) is 102 Å². The van der Waals surface area contributed by atoms with Crippen LogP contribution in [0.1, 0.15) is 11.0 Å². The maximum Gasteiger partial charge on any atom is 0.140 e. The van der Waals surface area contributed by atoms with Crippen molar-refractivity contribution < 1.29 is 11.0 Å². The molecule has 0 bridgehead atoms. The highest BCUT2D eigenvalue weighted by atomic mass is 32.1. The fourth-order valence-corrected chi connectivity index (χ4v) is 11.3. The van der Waals surface area contributed by atoms with E-state index in [1.807, 2.05) is 81.9 Å². The van der Waals surface area contributed by atoms with Crippen molar-refractivity contribution in [2.45, 2.75) is 0 Å². The van der Waals surface area contributed by atoms with Gasteiger partial charge in [0.1, 0.15) is 5.82 Å². The van der Waals surface area contributed by atoms with Crippen LogP contribution in [0, 0.1) is 0 Å². The van der Waals surface area contributed by atoms with Crippen molar-refractivity contribution >= 4 is 96.9 Å². The fourth-order valence-electron chi connectivity index (χ4n) is 10.1. The van der Waals surface area contributed by atoms with Crippen molar-refractivity contribution in [3.63, 3.8) is 0 Å². The van der Waals surface area contributed by atoms with Gasteiger partial charge in [0.05, 0.1) is 61.1 Å². The summed E-state index contributed by atoms with van der Waals surface area (Å²) < 4.78 is 81.2. The first kappa shape index (κ1) is 28.4. The Morgan fingerprint density at radius 2 is 0.891 bits per heavy atom. The van der Waals surface area contributed by atoms with Crippen LogP contribution in [0.2, 0.25) is 0 Å². The number of benzene rings is 9. The van der Waals surface area contributed by atoms with E-state index in [1.54, 1.807) is 11.3 Å². The molecule has 0 N–H and O–H groups in total. The van der Waals surface area contributed by atoms with E-state index in [9.17, 15) is 5.48 Å².